The molecule has 4 nitrogen and oxygen atoms in total. The van der Waals surface area contributed by atoms with E-state index < -0.39 is 11.9 Å². The zero-order valence-electron chi connectivity index (χ0n) is 17.0. The monoisotopic (exact) mass is 390 g/mol. The number of aromatic carboxylic acids is 1. The average molecular weight is 390 g/mol. The lowest BCUT2D eigenvalue weighted by molar-refractivity contribution is -0.125. The highest BCUT2D eigenvalue weighted by Gasteiger charge is 2.53. The SMILES string of the molecule is Cc1cccc(C2C(=O)C3CC(C)C(c4c(C)cccc4C(=O)O)CC3C2=O)c1. The van der Waals surface area contributed by atoms with E-state index in [4.69, 9.17) is 0 Å². The second-order valence-corrected chi connectivity index (χ2v) is 8.76. The maximum absolute atomic E-state index is 13.3. The van der Waals surface area contributed by atoms with E-state index in [1.165, 1.54) is 0 Å². The van der Waals surface area contributed by atoms with Gasteiger partial charge in [0.15, 0.2) is 11.6 Å². The van der Waals surface area contributed by atoms with E-state index in [9.17, 15) is 19.5 Å². The minimum atomic E-state index is -0.940. The molecule has 0 amide bonds. The molecule has 5 atom stereocenters. The van der Waals surface area contributed by atoms with E-state index in [-0.39, 0.29) is 35.2 Å². The van der Waals surface area contributed by atoms with Crippen molar-refractivity contribution >= 4 is 17.5 Å². The molecule has 4 rings (SSSR count). The summed E-state index contributed by atoms with van der Waals surface area (Å²) in [7, 11) is 0. The highest BCUT2D eigenvalue weighted by molar-refractivity contribution is 6.16. The van der Waals surface area contributed by atoms with Gasteiger partial charge in [0.2, 0.25) is 0 Å². The van der Waals surface area contributed by atoms with Crippen LogP contribution in [-0.2, 0) is 9.59 Å². The van der Waals surface area contributed by atoms with Crippen LogP contribution in [-0.4, -0.2) is 22.6 Å². The molecule has 1 N–H and O–H groups in total. The van der Waals surface area contributed by atoms with Gasteiger partial charge < -0.3 is 5.11 Å². The third-order valence-corrected chi connectivity index (χ3v) is 6.91. The maximum Gasteiger partial charge on any atom is 0.335 e. The molecule has 2 aliphatic carbocycles. The van der Waals surface area contributed by atoms with E-state index in [0.717, 1.165) is 22.3 Å². The van der Waals surface area contributed by atoms with E-state index in [2.05, 4.69) is 6.92 Å². The first-order chi connectivity index (χ1) is 13.8. The normalized spacial score (nSPS) is 29.0. The Bertz CT molecular complexity index is 1010. The summed E-state index contributed by atoms with van der Waals surface area (Å²) in [6, 6.07) is 13.0. The van der Waals surface area contributed by atoms with Crippen LogP contribution in [0.15, 0.2) is 42.5 Å². The Morgan fingerprint density at radius 3 is 2.24 bits per heavy atom. The molecule has 0 aromatic heterocycles. The molecule has 0 heterocycles. The van der Waals surface area contributed by atoms with E-state index in [1.807, 2.05) is 44.2 Å². The van der Waals surface area contributed by atoms with Crippen molar-refractivity contribution in [3.63, 3.8) is 0 Å². The number of carbonyl (C=O) groups is 3. The molecule has 0 saturated heterocycles. The number of fused-ring (bicyclic) bond motifs is 1. The maximum atomic E-state index is 13.3. The van der Waals surface area contributed by atoms with Gasteiger partial charge in [-0.15, -0.1) is 0 Å². The predicted molar refractivity (Wildman–Crippen MR) is 110 cm³/mol. The molecule has 2 aliphatic rings. The fourth-order valence-electron chi connectivity index (χ4n) is 5.54. The van der Waals surface area contributed by atoms with Crippen molar-refractivity contribution < 1.29 is 19.5 Å². The molecule has 2 saturated carbocycles. The number of Topliss-reactive ketones (excluding diaryl/α,β-unsaturated/α-hetero) is 2. The van der Waals surface area contributed by atoms with Gasteiger partial charge in [0.05, 0.1) is 5.56 Å². The first kappa shape index (κ1) is 19.6. The Morgan fingerprint density at radius 2 is 1.59 bits per heavy atom. The van der Waals surface area contributed by atoms with E-state index in [0.29, 0.717) is 18.4 Å². The number of hydrogen-bond acceptors (Lipinski definition) is 3. The molecule has 2 fully saturated rings. The zero-order valence-corrected chi connectivity index (χ0v) is 17.0. The Labute approximate surface area is 170 Å². The van der Waals surface area contributed by atoms with Crippen LogP contribution in [0.2, 0.25) is 0 Å². The van der Waals surface area contributed by atoms with Gasteiger partial charge in [-0.05, 0) is 61.3 Å². The van der Waals surface area contributed by atoms with Crippen LogP contribution < -0.4 is 0 Å². The van der Waals surface area contributed by atoms with Crippen molar-refractivity contribution in [2.24, 2.45) is 17.8 Å². The Balaban J connectivity index is 1.71. The van der Waals surface area contributed by atoms with Crippen LogP contribution in [0.4, 0.5) is 0 Å². The smallest absolute Gasteiger partial charge is 0.335 e. The van der Waals surface area contributed by atoms with Crippen LogP contribution in [0.5, 0.6) is 0 Å². The number of carboxylic acids is 1. The highest BCUT2D eigenvalue weighted by atomic mass is 16.4. The third-order valence-electron chi connectivity index (χ3n) is 6.91. The molecule has 0 spiro atoms. The lowest BCUT2D eigenvalue weighted by Gasteiger charge is -2.37. The standard InChI is InChI=1S/C25H26O4/c1-13-6-4-8-16(10-13)22-23(26)19-11-15(3)18(12-20(19)24(22)27)21-14(2)7-5-9-17(21)25(28)29/h4-10,15,18-20,22H,11-12H2,1-3H3,(H,28,29). The van der Waals surface area contributed by atoms with Crippen molar-refractivity contribution in [2.45, 2.75) is 45.4 Å². The quantitative estimate of drug-likeness (QED) is 0.772. The summed E-state index contributed by atoms with van der Waals surface area (Å²) in [5.41, 5.74) is 3.90. The Morgan fingerprint density at radius 1 is 0.931 bits per heavy atom. The van der Waals surface area contributed by atoms with Crippen molar-refractivity contribution in [1.82, 2.24) is 0 Å². The van der Waals surface area contributed by atoms with Gasteiger partial charge in [0.1, 0.15) is 5.92 Å². The third kappa shape index (κ3) is 3.21. The minimum absolute atomic E-state index is 0.00737. The summed E-state index contributed by atoms with van der Waals surface area (Å²) in [5.74, 6) is -2.03. The second-order valence-electron chi connectivity index (χ2n) is 8.76. The lowest BCUT2D eigenvalue weighted by Crippen LogP contribution is -2.32. The largest absolute Gasteiger partial charge is 0.478 e. The van der Waals surface area contributed by atoms with E-state index in [1.54, 1.807) is 12.1 Å². The molecule has 150 valence electrons. The van der Waals surface area contributed by atoms with Gasteiger partial charge in [0, 0.05) is 11.8 Å². The lowest BCUT2D eigenvalue weighted by atomic mass is 9.66. The first-order valence-corrected chi connectivity index (χ1v) is 10.3. The fourth-order valence-corrected chi connectivity index (χ4v) is 5.54. The second kappa shape index (κ2) is 7.25. The Kier molecular flexibility index (Phi) is 4.89. The van der Waals surface area contributed by atoms with Gasteiger partial charge in [-0.3, -0.25) is 9.59 Å². The van der Waals surface area contributed by atoms with Crippen LogP contribution in [0.1, 0.15) is 64.2 Å². The number of hydrogen-bond donors (Lipinski definition) is 1. The number of ketones is 2. The molecule has 0 aliphatic heterocycles. The number of benzene rings is 2. The molecular formula is C25H26O4. The topological polar surface area (TPSA) is 71.4 Å². The number of rotatable bonds is 3. The van der Waals surface area contributed by atoms with Crippen molar-refractivity contribution in [3.8, 4) is 0 Å². The van der Waals surface area contributed by atoms with Gasteiger partial charge in [-0.1, -0.05) is 48.9 Å². The number of carboxylic acid groups (broad SMARTS) is 1. The summed E-state index contributed by atoms with van der Waals surface area (Å²) in [6.07, 6.45) is 1.18. The fraction of sp³-hybridized carbons (Fsp3) is 0.400. The molecular weight excluding hydrogens is 364 g/mol. The van der Waals surface area contributed by atoms with Crippen molar-refractivity contribution in [1.29, 1.82) is 0 Å². The predicted octanol–water partition coefficient (Wildman–Crippen LogP) is 4.68. The molecule has 2 aromatic carbocycles. The zero-order chi connectivity index (χ0) is 20.9. The Hall–Kier alpha value is -2.75. The van der Waals surface area contributed by atoms with Crippen LogP contribution in [0.3, 0.4) is 0 Å². The van der Waals surface area contributed by atoms with Gasteiger partial charge in [-0.25, -0.2) is 4.79 Å². The minimum Gasteiger partial charge on any atom is -0.478 e. The molecule has 0 bridgehead atoms. The summed E-state index contributed by atoms with van der Waals surface area (Å²) in [5, 5.41) is 9.68. The molecule has 4 heteroatoms. The van der Waals surface area contributed by atoms with Crippen molar-refractivity contribution in [3.05, 3.63) is 70.3 Å². The van der Waals surface area contributed by atoms with Gasteiger partial charge >= 0.3 is 5.97 Å². The van der Waals surface area contributed by atoms with Crippen LogP contribution in [0.25, 0.3) is 0 Å². The summed E-state index contributed by atoms with van der Waals surface area (Å²) >= 11 is 0. The number of aryl methyl sites for hydroxylation is 2. The summed E-state index contributed by atoms with van der Waals surface area (Å²) in [6.45, 7) is 5.97. The van der Waals surface area contributed by atoms with Crippen LogP contribution >= 0.6 is 0 Å². The van der Waals surface area contributed by atoms with Crippen LogP contribution in [0, 0.1) is 31.6 Å². The number of carbonyl (C=O) groups excluding carboxylic acids is 2. The van der Waals surface area contributed by atoms with Gasteiger partial charge in [-0.2, -0.15) is 0 Å². The summed E-state index contributed by atoms with van der Waals surface area (Å²) in [4.78, 5) is 38.3. The molecule has 5 unspecified atom stereocenters. The van der Waals surface area contributed by atoms with E-state index >= 15 is 0 Å². The average Bonchev–Trinajstić information content (AvgIpc) is 2.91. The van der Waals surface area contributed by atoms with Gasteiger partial charge in [0.25, 0.3) is 0 Å². The first-order valence-electron chi connectivity index (χ1n) is 10.3. The molecule has 29 heavy (non-hydrogen) atoms. The molecule has 0 radical (unpaired) electrons. The van der Waals surface area contributed by atoms with Crippen molar-refractivity contribution in [2.75, 3.05) is 0 Å². The highest BCUT2D eigenvalue weighted by Crippen LogP contribution is 2.51. The summed E-state index contributed by atoms with van der Waals surface area (Å²) < 4.78 is 0. The molecule has 2 aromatic rings.